The number of likely N-dealkylation sites (N-methyl/N-ethyl adjacent to an activating group) is 1. The molecule has 1 fully saturated rings. The molecule has 1 heterocycles. The molecule has 1 saturated heterocycles. The monoisotopic (exact) mass is 241 g/mol. The van der Waals surface area contributed by atoms with Crippen molar-refractivity contribution < 1.29 is 4.79 Å². The maximum Gasteiger partial charge on any atom is 0.236 e. The first kappa shape index (κ1) is 14.5. The standard InChI is InChI=1S/C13H27N3O/c1-5-11(2)14-10-13(17)16(4)12-6-8-15(3)9-7-12/h11-12,14H,5-10H2,1-4H3. The molecule has 0 aromatic carbocycles. The van der Waals surface area contributed by atoms with Crippen molar-refractivity contribution in [2.45, 2.75) is 45.2 Å². The minimum absolute atomic E-state index is 0.222. The highest BCUT2D eigenvalue weighted by atomic mass is 16.2. The summed E-state index contributed by atoms with van der Waals surface area (Å²) in [6.07, 6.45) is 3.26. The first-order valence-corrected chi connectivity index (χ1v) is 6.72. The lowest BCUT2D eigenvalue weighted by atomic mass is 10.0. The third-order valence-electron chi connectivity index (χ3n) is 3.84. The number of nitrogens with zero attached hydrogens (tertiary/aromatic N) is 2. The maximum absolute atomic E-state index is 12.0. The van der Waals surface area contributed by atoms with Gasteiger partial charge in [0.25, 0.3) is 0 Å². The average Bonchev–Trinajstić information content (AvgIpc) is 2.35. The quantitative estimate of drug-likeness (QED) is 0.778. The van der Waals surface area contributed by atoms with Crippen LogP contribution in [0.5, 0.6) is 0 Å². The van der Waals surface area contributed by atoms with Crippen LogP contribution in [0.25, 0.3) is 0 Å². The van der Waals surface area contributed by atoms with Crippen molar-refractivity contribution in [2.24, 2.45) is 0 Å². The van der Waals surface area contributed by atoms with E-state index < -0.39 is 0 Å². The highest BCUT2D eigenvalue weighted by molar-refractivity contribution is 5.78. The molecule has 17 heavy (non-hydrogen) atoms. The van der Waals surface area contributed by atoms with Gasteiger partial charge in [-0.1, -0.05) is 6.92 Å². The zero-order chi connectivity index (χ0) is 12.8. The van der Waals surface area contributed by atoms with Gasteiger partial charge in [-0.2, -0.15) is 0 Å². The number of rotatable bonds is 5. The lowest BCUT2D eigenvalue weighted by Crippen LogP contribution is -2.47. The summed E-state index contributed by atoms with van der Waals surface area (Å²) in [6, 6.07) is 0.849. The Labute approximate surface area is 105 Å². The van der Waals surface area contributed by atoms with Gasteiger partial charge >= 0.3 is 0 Å². The van der Waals surface area contributed by atoms with E-state index in [-0.39, 0.29) is 5.91 Å². The van der Waals surface area contributed by atoms with E-state index in [1.807, 2.05) is 11.9 Å². The molecule has 1 aliphatic rings. The van der Waals surface area contributed by atoms with Crippen molar-refractivity contribution in [1.29, 1.82) is 0 Å². The van der Waals surface area contributed by atoms with E-state index in [4.69, 9.17) is 0 Å². The van der Waals surface area contributed by atoms with Crippen molar-refractivity contribution in [3.05, 3.63) is 0 Å². The Bertz CT molecular complexity index is 237. The summed E-state index contributed by atoms with van der Waals surface area (Å²) in [5.41, 5.74) is 0. The van der Waals surface area contributed by atoms with E-state index in [9.17, 15) is 4.79 Å². The van der Waals surface area contributed by atoms with Crippen molar-refractivity contribution in [3.8, 4) is 0 Å². The van der Waals surface area contributed by atoms with Crippen molar-refractivity contribution in [3.63, 3.8) is 0 Å². The lowest BCUT2D eigenvalue weighted by molar-refractivity contribution is -0.131. The van der Waals surface area contributed by atoms with Gasteiger partial charge in [-0.05, 0) is 46.3 Å². The van der Waals surface area contributed by atoms with Gasteiger partial charge in [0, 0.05) is 19.1 Å². The highest BCUT2D eigenvalue weighted by Crippen LogP contribution is 2.13. The number of hydrogen-bond acceptors (Lipinski definition) is 3. The molecule has 0 spiro atoms. The summed E-state index contributed by atoms with van der Waals surface area (Å²) in [4.78, 5) is 16.3. The van der Waals surface area contributed by atoms with E-state index in [0.717, 1.165) is 32.4 Å². The third-order valence-corrected chi connectivity index (χ3v) is 3.84. The Kier molecular flexibility index (Phi) is 5.92. The molecule has 0 saturated carbocycles. The molecule has 1 aliphatic heterocycles. The van der Waals surface area contributed by atoms with Gasteiger partial charge in [0.1, 0.15) is 0 Å². The summed E-state index contributed by atoms with van der Waals surface area (Å²) < 4.78 is 0. The highest BCUT2D eigenvalue weighted by Gasteiger charge is 2.23. The predicted molar refractivity (Wildman–Crippen MR) is 71.0 cm³/mol. The van der Waals surface area contributed by atoms with Crippen LogP contribution < -0.4 is 5.32 Å². The first-order chi connectivity index (χ1) is 8.04. The molecule has 0 aromatic rings. The Morgan fingerprint density at radius 2 is 2.06 bits per heavy atom. The van der Waals surface area contributed by atoms with Gasteiger partial charge in [-0.3, -0.25) is 4.79 Å². The van der Waals surface area contributed by atoms with E-state index in [1.165, 1.54) is 0 Å². The minimum Gasteiger partial charge on any atom is -0.342 e. The largest absolute Gasteiger partial charge is 0.342 e. The van der Waals surface area contributed by atoms with Crippen molar-refractivity contribution in [1.82, 2.24) is 15.1 Å². The molecule has 1 N–H and O–H groups in total. The Balaban J connectivity index is 2.31. The van der Waals surface area contributed by atoms with Crippen LogP contribution in [-0.2, 0) is 4.79 Å². The number of carbonyl (C=O) groups is 1. The van der Waals surface area contributed by atoms with Gasteiger partial charge in [0.05, 0.1) is 6.54 Å². The molecular weight excluding hydrogens is 214 g/mol. The normalized spacial score (nSPS) is 20.2. The molecular formula is C13H27N3O. The fourth-order valence-electron chi connectivity index (χ4n) is 2.12. The number of amides is 1. The van der Waals surface area contributed by atoms with Crippen LogP contribution in [-0.4, -0.2) is 61.5 Å². The summed E-state index contributed by atoms with van der Waals surface area (Å²) in [5.74, 6) is 0.222. The Hall–Kier alpha value is -0.610. The summed E-state index contributed by atoms with van der Waals surface area (Å²) in [6.45, 7) is 6.91. The topological polar surface area (TPSA) is 35.6 Å². The first-order valence-electron chi connectivity index (χ1n) is 6.72. The molecule has 4 heteroatoms. The minimum atomic E-state index is 0.222. The van der Waals surface area contributed by atoms with E-state index in [1.54, 1.807) is 0 Å². The third kappa shape index (κ3) is 4.64. The second-order valence-electron chi connectivity index (χ2n) is 5.23. The van der Waals surface area contributed by atoms with E-state index in [0.29, 0.717) is 18.6 Å². The van der Waals surface area contributed by atoms with E-state index >= 15 is 0 Å². The zero-order valence-corrected chi connectivity index (χ0v) is 11.7. The van der Waals surface area contributed by atoms with Gasteiger partial charge in [-0.25, -0.2) is 0 Å². The molecule has 1 unspecified atom stereocenters. The van der Waals surface area contributed by atoms with Crippen LogP contribution >= 0.6 is 0 Å². The number of piperidine rings is 1. The molecule has 1 rings (SSSR count). The fraction of sp³-hybridized carbons (Fsp3) is 0.923. The maximum atomic E-state index is 12.0. The average molecular weight is 241 g/mol. The second-order valence-corrected chi connectivity index (χ2v) is 5.23. The molecule has 4 nitrogen and oxygen atoms in total. The molecule has 0 radical (unpaired) electrons. The van der Waals surface area contributed by atoms with E-state index in [2.05, 4.69) is 31.1 Å². The fourth-order valence-corrected chi connectivity index (χ4v) is 2.12. The molecule has 0 bridgehead atoms. The molecule has 0 aliphatic carbocycles. The molecule has 100 valence electrons. The molecule has 1 atom stereocenters. The van der Waals surface area contributed by atoms with Gasteiger partial charge in [-0.15, -0.1) is 0 Å². The lowest BCUT2D eigenvalue weighted by Gasteiger charge is -2.35. The van der Waals surface area contributed by atoms with Crippen LogP contribution in [0.15, 0.2) is 0 Å². The van der Waals surface area contributed by atoms with Crippen LogP contribution in [0.4, 0.5) is 0 Å². The number of likely N-dealkylation sites (tertiary alicyclic amines) is 1. The predicted octanol–water partition coefficient (Wildman–Crippen LogP) is 0.927. The van der Waals surface area contributed by atoms with Gasteiger partial charge in [0.2, 0.25) is 5.91 Å². The van der Waals surface area contributed by atoms with Crippen molar-refractivity contribution >= 4 is 5.91 Å². The van der Waals surface area contributed by atoms with Crippen LogP contribution in [0.1, 0.15) is 33.1 Å². The summed E-state index contributed by atoms with van der Waals surface area (Å²) in [7, 11) is 4.08. The zero-order valence-electron chi connectivity index (χ0n) is 11.7. The Morgan fingerprint density at radius 1 is 1.47 bits per heavy atom. The Morgan fingerprint density at radius 3 is 2.59 bits per heavy atom. The van der Waals surface area contributed by atoms with Gasteiger partial charge in [0.15, 0.2) is 0 Å². The molecule has 1 amide bonds. The summed E-state index contributed by atoms with van der Waals surface area (Å²) in [5, 5.41) is 3.26. The SMILES string of the molecule is CCC(C)NCC(=O)N(C)C1CCN(C)CC1. The van der Waals surface area contributed by atoms with Crippen LogP contribution in [0.3, 0.4) is 0 Å². The van der Waals surface area contributed by atoms with Crippen LogP contribution in [0, 0.1) is 0 Å². The van der Waals surface area contributed by atoms with Gasteiger partial charge < -0.3 is 15.1 Å². The number of nitrogens with one attached hydrogen (secondary N) is 1. The van der Waals surface area contributed by atoms with Crippen LogP contribution in [0.2, 0.25) is 0 Å². The van der Waals surface area contributed by atoms with Crippen molar-refractivity contribution in [2.75, 3.05) is 33.7 Å². The smallest absolute Gasteiger partial charge is 0.236 e. The second kappa shape index (κ2) is 6.97. The molecule has 0 aromatic heterocycles. The number of carbonyl (C=O) groups excluding carboxylic acids is 1. The number of hydrogen-bond donors (Lipinski definition) is 1. The summed E-state index contributed by atoms with van der Waals surface area (Å²) >= 11 is 0.